The second-order valence-electron chi connectivity index (χ2n) is 5.57. The van der Waals surface area contributed by atoms with Crippen LogP contribution in [0.25, 0.3) is 10.8 Å². The van der Waals surface area contributed by atoms with Gasteiger partial charge in [0.15, 0.2) is 15.7 Å². The fourth-order valence-corrected chi connectivity index (χ4v) is 2.13. The van der Waals surface area contributed by atoms with Gasteiger partial charge in [-0.05, 0) is 20.8 Å². The molecule has 5 nitrogen and oxygen atoms in total. The van der Waals surface area contributed by atoms with Crippen LogP contribution in [0, 0.1) is 6.92 Å². The molecule has 0 unspecified atom stereocenters. The third kappa shape index (κ3) is 2.75. The van der Waals surface area contributed by atoms with E-state index in [4.69, 9.17) is 0 Å². The summed E-state index contributed by atoms with van der Waals surface area (Å²) in [7, 11) is -3.14. The third-order valence-corrected chi connectivity index (χ3v) is 5.71. The molecular weight excluding hydrogens is 274 g/mol. The lowest BCUT2D eigenvalue weighted by atomic mass is 10.1. The van der Waals surface area contributed by atoms with Crippen molar-refractivity contribution in [2.24, 2.45) is 0 Å². The average Bonchev–Trinajstić information content (AvgIpc) is 2.37. The lowest BCUT2D eigenvalue weighted by molar-refractivity contribution is 0.559. The molecule has 2 aromatic rings. The number of aryl methyl sites for hydroxylation is 1. The number of aromatic nitrogens is 2. The van der Waals surface area contributed by atoms with E-state index in [0.29, 0.717) is 5.82 Å². The largest absolute Gasteiger partial charge is 0.366 e. The van der Waals surface area contributed by atoms with Crippen molar-refractivity contribution >= 4 is 26.4 Å². The Morgan fingerprint density at radius 2 is 1.75 bits per heavy atom. The first-order valence-electron chi connectivity index (χ1n) is 6.38. The van der Waals surface area contributed by atoms with E-state index in [2.05, 4.69) is 15.5 Å². The van der Waals surface area contributed by atoms with Gasteiger partial charge < -0.3 is 5.32 Å². The highest BCUT2D eigenvalue weighted by Gasteiger charge is 2.30. The highest BCUT2D eigenvalue weighted by molar-refractivity contribution is 7.92. The van der Waals surface area contributed by atoms with Crippen LogP contribution in [-0.4, -0.2) is 36.2 Å². The molecule has 1 N–H and O–H groups in total. The van der Waals surface area contributed by atoms with Gasteiger partial charge in [-0.25, -0.2) is 8.42 Å². The van der Waals surface area contributed by atoms with Gasteiger partial charge in [-0.15, -0.1) is 5.10 Å². The summed E-state index contributed by atoms with van der Waals surface area (Å²) in [5.41, 5.74) is 0.855. The van der Waals surface area contributed by atoms with Gasteiger partial charge in [0.25, 0.3) is 0 Å². The zero-order valence-corrected chi connectivity index (χ0v) is 13.0. The van der Waals surface area contributed by atoms with E-state index in [1.165, 1.54) is 6.26 Å². The topological polar surface area (TPSA) is 72.0 Å². The molecule has 6 heteroatoms. The Balaban J connectivity index is 2.34. The summed E-state index contributed by atoms with van der Waals surface area (Å²) >= 11 is 0. The normalized spacial score (nSPS) is 12.6. The number of hydrogen-bond donors (Lipinski definition) is 1. The molecule has 0 aliphatic carbocycles. The number of nitrogens with zero attached hydrogens (tertiary/aromatic N) is 2. The molecule has 0 aliphatic rings. The van der Waals surface area contributed by atoms with Gasteiger partial charge in [0.05, 0.1) is 10.4 Å². The van der Waals surface area contributed by atoms with Crippen LogP contribution in [0.5, 0.6) is 0 Å². The number of anilines is 1. The van der Waals surface area contributed by atoms with Crippen LogP contribution in [0.3, 0.4) is 0 Å². The van der Waals surface area contributed by atoms with Crippen LogP contribution >= 0.6 is 0 Å². The second kappa shape index (κ2) is 5.01. The molecule has 108 valence electrons. The maximum absolute atomic E-state index is 11.7. The summed E-state index contributed by atoms with van der Waals surface area (Å²) in [6.45, 7) is 5.57. The standard InChI is InChI=1S/C14H19N3O2S/c1-10-11-7-5-6-8-12(11)13(17-16-10)15-9-14(2,3)20(4,18)19/h5-8H,9H2,1-4H3,(H,15,17). The zero-order valence-electron chi connectivity index (χ0n) is 12.1. The van der Waals surface area contributed by atoms with E-state index < -0.39 is 14.6 Å². The quantitative estimate of drug-likeness (QED) is 0.935. The Kier molecular flexibility index (Phi) is 3.69. The molecule has 2 rings (SSSR count). The van der Waals surface area contributed by atoms with Crippen LogP contribution in [0.1, 0.15) is 19.5 Å². The van der Waals surface area contributed by atoms with Crippen molar-refractivity contribution in [3.8, 4) is 0 Å². The van der Waals surface area contributed by atoms with E-state index in [-0.39, 0.29) is 6.54 Å². The van der Waals surface area contributed by atoms with E-state index in [1.54, 1.807) is 13.8 Å². The predicted molar refractivity (Wildman–Crippen MR) is 81.7 cm³/mol. The van der Waals surface area contributed by atoms with Crippen molar-refractivity contribution in [2.75, 3.05) is 18.1 Å². The van der Waals surface area contributed by atoms with Gasteiger partial charge in [0, 0.05) is 23.6 Å². The number of sulfone groups is 1. The summed E-state index contributed by atoms with van der Waals surface area (Å²) in [4.78, 5) is 0. The zero-order chi connectivity index (χ0) is 15.0. The van der Waals surface area contributed by atoms with Crippen LogP contribution in [0.15, 0.2) is 24.3 Å². The first kappa shape index (κ1) is 14.7. The molecule has 0 atom stereocenters. The van der Waals surface area contributed by atoms with Gasteiger partial charge in [0.2, 0.25) is 0 Å². The Bertz CT molecular complexity index is 739. The van der Waals surface area contributed by atoms with Gasteiger partial charge in [0.1, 0.15) is 0 Å². The second-order valence-corrected chi connectivity index (χ2v) is 8.21. The van der Waals surface area contributed by atoms with E-state index in [1.807, 2.05) is 31.2 Å². The average molecular weight is 293 g/mol. The first-order chi connectivity index (χ1) is 9.22. The Hall–Kier alpha value is -1.69. The highest BCUT2D eigenvalue weighted by Crippen LogP contribution is 2.23. The molecule has 0 saturated carbocycles. The van der Waals surface area contributed by atoms with E-state index in [9.17, 15) is 8.42 Å². The highest BCUT2D eigenvalue weighted by atomic mass is 32.2. The molecule has 0 saturated heterocycles. The minimum Gasteiger partial charge on any atom is -0.366 e. The minimum atomic E-state index is -3.14. The van der Waals surface area contributed by atoms with Crippen molar-refractivity contribution in [3.63, 3.8) is 0 Å². The van der Waals surface area contributed by atoms with Crippen LogP contribution in [0.4, 0.5) is 5.82 Å². The maximum Gasteiger partial charge on any atom is 0.156 e. The summed E-state index contributed by atoms with van der Waals surface area (Å²) in [6, 6.07) is 7.80. The number of hydrogen-bond acceptors (Lipinski definition) is 5. The van der Waals surface area contributed by atoms with E-state index >= 15 is 0 Å². The predicted octanol–water partition coefficient (Wildman–Crippen LogP) is 2.17. The minimum absolute atomic E-state index is 0.285. The molecule has 0 amide bonds. The molecule has 0 bridgehead atoms. The lowest BCUT2D eigenvalue weighted by Crippen LogP contribution is -2.38. The van der Waals surface area contributed by atoms with Crippen molar-refractivity contribution in [3.05, 3.63) is 30.0 Å². The summed E-state index contributed by atoms with van der Waals surface area (Å²) in [6.07, 6.45) is 1.24. The Morgan fingerprint density at radius 3 is 2.35 bits per heavy atom. The van der Waals surface area contributed by atoms with Crippen LogP contribution in [0.2, 0.25) is 0 Å². The summed E-state index contributed by atoms with van der Waals surface area (Å²) in [5.74, 6) is 0.614. The SMILES string of the molecule is Cc1nnc(NCC(C)(C)S(C)(=O)=O)c2ccccc12. The van der Waals surface area contributed by atoms with Gasteiger partial charge in [-0.3, -0.25) is 0 Å². The molecule has 1 heterocycles. The van der Waals surface area contributed by atoms with Crippen molar-refractivity contribution in [1.29, 1.82) is 0 Å². The summed E-state index contributed by atoms with van der Waals surface area (Å²) in [5, 5.41) is 13.3. The third-order valence-electron chi connectivity index (χ3n) is 3.56. The number of fused-ring (bicyclic) bond motifs is 1. The van der Waals surface area contributed by atoms with Crippen molar-refractivity contribution < 1.29 is 8.42 Å². The molecule has 1 aromatic carbocycles. The first-order valence-corrected chi connectivity index (χ1v) is 8.27. The molecule has 0 spiro atoms. The van der Waals surface area contributed by atoms with Crippen molar-refractivity contribution in [2.45, 2.75) is 25.5 Å². The molecular formula is C14H19N3O2S. The van der Waals surface area contributed by atoms with Crippen LogP contribution < -0.4 is 5.32 Å². The van der Waals surface area contributed by atoms with E-state index in [0.717, 1.165) is 16.5 Å². The van der Waals surface area contributed by atoms with Crippen molar-refractivity contribution in [1.82, 2.24) is 10.2 Å². The lowest BCUT2D eigenvalue weighted by Gasteiger charge is -2.23. The molecule has 0 fully saturated rings. The number of nitrogens with one attached hydrogen (secondary N) is 1. The smallest absolute Gasteiger partial charge is 0.156 e. The fourth-order valence-electron chi connectivity index (χ4n) is 1.80. The molecule has 0 aliphatic heterocycles. The van der Waals surface area contributed by atoms with Gasteiger partial charge in [-0.1, -0.05) is 24.3 Å². The molecule has 20 heavy (non-hydrogen) atoms. The van der Waals surface area contributed by atoms with Gasteiger partial charge in [-0.2, -0.15) is 5.10 Å². The van der Waals surface area contributed by atoms with Gasteiger partial charge >= 0.3 is 0 Å². The fraction of sp³-hybridized carbons (Fsp3) is 0.429. The Labute approximate surface area is 119 Å². The molecule has 1 aromatic heterocycles. The summed E-state index contributed by atoms with van der Waals surface area (Å²) < 4.78 is 22.6. The monoisotopic (exact) mass is 293 g/mol. The number of benzene rings is 1. The number of rotatable bonds is 4. The molecule has 0 radical (unpaired) electrons. The maximum atomic E-state index is 11.7. The van der Waals surface area contributed by atoms with Crippen LogP contribution in [-0.2, 0) is 9.84 Å². The Morgan fingerprint density at radius 1 is 1.15 bits per heavy atom.